The molecule has 100 valence electrons. The molecule has 0 bridgehead atoms. The van der Waals surface area contributed by atoms with Crippen molar-refractivity contribution < 1.29 is 13.3 Å². The minimum atomic E-state index is -3.73. The zero-order valence-electron chi connectivity index (χ0n) is 9.47. The number of thiophene rings is 1. The molecule has 0 aromatic carbocycles. The van der Waals surface area contributed by atoms with Gasteiger partial charge >= 0.3 is 0 Å². The predicted molar refractivity (Wildman–Crippen MR) is 68.6 cm³/mol. The third-order valence-electron chi connectivity index (χ3n) is 2.95. The average molecular weight is 311 g/mol. The fourth-order valence-electron chi connectivity index (χ4n) is 1.78. The Hall–Kier alpha value is -0.700. The van der Waals surface area contributed by atoms with Crippen LogP contribution in [0.4, 0.5) is 5.69 Å². The molecule has 0 amide bonds. The Labute approximate surface area is 113 Å². The summed E-state index contributed by atoms with van der Waals surface area (Å²) in [6, 6.07) is 0.997. The topological polar surface area (TPSA) is 89.3 Å². The van der Waals surface area contributed by atoms with E-state index in [2.05, 4.69) is 4.72 Å². The lowest BCUT2D eigenvalue weighted by Crippen LogP contribution is -2.50. The van der Waals surface area contributed by atoms with Crippen LogP contribution >= 0.6 is 22.9 Å². The molecule has 1 aromatic heterocycles. The van der Waals surface area contributed by atoms with E-state index in [-0.39, 0.29) is 14.2 Å². The van der Waals surface area contributed by atoms with Crippen molar-refractivity contribution in [3.05, 3.63) is 20.5 Å². The van der Waals surface area contributed by atoms with Crippen molar-refractivity contribution in [2.24, 2.45) is 0 Å². The van der Waals surface area contributed by atoms with Crippen molar-refractivity contribution in [2.75, 3.05) is 0 Å². The standard InChI is InChI=1S/C9H11ClN2O4S2/c1-9(3-2-4-9)11-18(15,16)7-5-6(12(13)14)8(10)17-7/h5,11H,2-4H2,1H3. The first kappa shape index (κ1) is 13.7. The molecule has 0 atom stereocenters. The highest BCUT2D eigenvalue weighted by Crippen LogP contribution is 2.38. The van der Waals surface area contributed by atoms with Crippen LogP contribution < -0.4 is 4.72 Å². The lowest BCUT2D eigenvalue weighted by Gasteiger charge is -2.38. The van der Waals surface area contributed by atoms with Crippen molar-refractivity contribution in [3.8, 4) is 0 Å². The molecule has 6 nitrogen and oxygen atoms in total. The molecule has 0 radical (unpaired) electrons. The third kappa shape index (κ3) is 2.51. The van der Waals surface area contributed by atoms with E-state index in [4.69, 9.17) is 11.6 Å². The number of nitrogens with zero attached hydrogens (tertiary/aromatic N) is 1. The van der Waals surface area contributed by atoms with E-state index in [9.17, 15) is 18.5 Å². The Kier molecular flexibility index (Phi) is 3.39. The number of rotatable bonds is 4. The van der Waals surface area contributed by atoms with Crippen LogP contribution in [0.1, 0.15) is 26.2 Å². The van der Waals surface area contributed by atoms with Gasteiger partial charge in [-0.2, -0.15) is 0 Å². The van der Waals surface area contributed by atoms with E-state index >= 15 is 0 Å². The molecular weight excluding hydrogens is 300 g/mol. The van der Waals surface area contributed by atoms with Crippen LogP contribution in [0, 0.1) is 10.1 Å². The maximum Gasteiger partial charge on any atom is 0.300 e. The van der Waals surface area contributed by atoms with Crippen LogP contribution in [0.3, 0.4) is 0 Å². The van der Waals surface area contributed by atoms with Gasteiger partial charge in [-0.25, -0.2) is 13.1 Å². The maximum absolute atomic E-state index is 12.0. The van der Waals surface area contributed by atoms with Gasteiger partial charge in [0.05, 0.1) is 4.92 Å². The van der Waals surface area contributed by atoms with Crippen molar-refractivity contribution in [2.45, 2.75) is 35.9 Å². The molecule has 1 aromatic rings. The summed E-state index contributed by atoms with van der Waals surface area (Å²) in [5, 5.41) is 10.6. The summed E-state index contributed by atoms with van der Waals surface area (Å²) in [4.78, 5) is 9.94. The van der Waals surface area contributed by atoms with E-state index in [0.717, 1.165) is 25.3 Å². The van der Waals surface area contributed by atoms with E-state index in [1.165, 1.54) is 0 Å². The van der Waals surface area contributed by atoms with Crippen LogP contribution in [-0.2, 0) is 10.0 Å². The number of nitrogens with one attached hydrogen (secondary N) is 1. The maximum atomic E-state index is 12.0. The monoisotopic (exact) mass is 310 g/mol. The lowest BCUT2D eigenvalue weighted by atomic mass is 9.80. The second-order valence-corrected chi connectivity index (χ2v) is 8.06. The summed E-state index contributed by atoms with van der Waals surface area (Å²) in [5.41, 5.74) is -0.815. The summed E-state index contributed by atoms with van der Waals surface area (Å²) in [7, 11) is -3.73. The van der Waals surface area contributed by atoms with Gasteiger partial charge < -0.3 is 0 Å². The Morgan fingerprint density at radius 2 is 2.17 bits per heavy atom. The molecule has 0 unspecified atom stereocenters. The van der Waals surface area contributed by atoms with Crippen LogP contribution in [-0.4, -0.2) is 18.9 Å². The van der Waals surface area contributed by atoms with Crippen LogP contribution in [0.5, 0.6) is 0 Å². The molecule has 0 saturated heterocycles. The second-order valence-electron chi connectivity index (χ2n) is 4.50. The minimum Gasteiger partial charge on any atom is -0.258 e. The molecule has 0 aliphatic heterocycles. The number of hydrogen-bond acceptors (Lipinski definition) is 5. The molecule has 1 aliphatic carbocycles. The molecule has 1 aliphatic rings. The summed E-state index contributed by atoms with van der Waals surface area (Å²) in [5.74, 6) is 0. The highest BCUT2D eigenvalue weighted by molar-refractivity contribution is 7.91. The van der Waals surface area contributed by atoms with E-state index in [1.54, 1.807) is 0 Å². The molecule has 1 saturated carbocycles. The SMILES string of the molecule is CC1(NS(=O)(=O)c2cc([N+](=O)[O-])c(Cl)s2)CCC1. The summed E-state index contributed by atoms with van der Waals surface area (Å²) < 4.78 is 26.4. The van der Waals surface area contributed by atoms with Crippen LogP contribution in [0.25, 0.3) is 0 Å². The Balaban J connectivity index is 2.30. The molecule has 1 fully saturated rings. The predicted octanol–water partition coefficient (Wildman–Crippen LogP) is 2.53. The first-order chi connectivity index (χ1) is 8.23. The average Bonchev–Trinajstić information content (AvgIpc) is 2.58. The van der Waals surface area contributed by atoms with Gasteiger partial charge in [-0.1, -0.05) is 11.6 Å². The van der Waals surface area contributed by atoms with Gasteiger partial charge in [-0.05, 0) is 26.2 Å². The van der Waals surface area contributed by atoms with Gasteiger partial charge in [0.1, 0.15) is 4.21 Å². The smallest absolute Gasteiger partial charge is 0.258 e. The van der Waals surface area contributed by atoms with Gasteiger partial charge in [0.15, 0.2) is 4.34 Å². The zero-order valence-corrected chi connectivity index (χ0v) is 11.9. The fourth-order valence-corrected chi connectivity index (χ4v) is 4.91. The van der Waals surface area contributed by atoms with Crippen molar-refractivity contribution >= 4 is 38.6 Å². The lowest BCUT2D eigenvalue weighted by molar-refractivity contribution is -0.384. The largest absolute Gasteiger partial charge is 0.300 e. The van der Waals surface area contributed by atoms with Gasteiger partial charge in [0.2, 0.25) is 0 Å². The molecule has 9 heteroatoms. The van der Waals surface area contributed by atoms with E-state index in [0.29, 0.717) is 11.3 Å². The highest BCUT2D eigenvalue weighted by Gasteiger charge is 2.37. The number of nitro groups is 1. The van der Waals surface area contributed by atoms with Crippen molar-refractivity contribution in [3.63, 3.8) is 0 Å². The first-order valence-corrected chi connectivity index (χ1v) is 7.89. The van der Waals surface area contributed by atoms with Crippen LogP contribution in [0.2, 0.25) is 4.34 Å². The summed E-state index contributed by atoms with van der Waals surface area (Å²) in [6.07, 6.45) is 2.52. The first-order valence-electron chi connectivity index (χ1n) is 5.21. The Bertz CT molecular complexity index is 592. The van der Waals surface area contributed by atoms with Crippen LogP contribution in [0.15, 0.2) is 10.3 Å². The van der Waals surface area contributed by atoms with Gasteiger partial charge in [0.25, 0.3) is 15.7 Å². The Morgan fingerprint density at radius 1 is 1.56 bits per heavy atom. The molecule has 2 rings (SSSR count). The summed E-state index contributed by atoms with van der Waals surface area (Å²) in [6.45, 7) is 1.82. The molecule has 0 spiro atoms. The van der Waals surface area contributed by atoms with Crippen molar-refractivity contribution in [1.82, 2.24) is 4.72 Å². The molecule has 18 heavy (non-hydrogen) atoms. The Morgan fingerprint density at radius 3 is 2.56 bits per heavy atom. The van der Waals surface area contributed by atoms with E-state index < -0.39 is 20.5 Å². The molecule has 1 N–H and O–H groups in total. The number of halogens is 1. The zero-order chi connectivity index (χ0) is 13.6. The van der Waals surface area contributed by atoms with Crippen molar-refractivity contribution in [1.29, 1.82) is 0 Å². The molecule has 1 heterocycles. The normalized spacial score (nSPS) is 18.3. The van der Waals surface area contributed by atoms with E-state index in [1.807, 2.05) is 6.92 Å². The van der Waals surface area contributed by atoms with Gasteiger partial charge in [0, 0.05) is 11.6 Å². The second kappa shape index (κ2) is 4.44. The fraction of sp³-hybridized carbons (Fsp3) is 0.556. The van der Waals surface area contributed by atoms with Gasteiger partial charge in [-0.15, -0.1) is 11.3 Å². The molecular formula is C9H11ClN2O4S2. The van der Waals surface area contributed by atoms with Gasteiger partial charge in [-0.3, -0.25) is 10.1 Å². The number of sulfonamides is 1. The highest BCUT2D eigenvalue weighted by atomic mass is 35.5. The minimum absolute atomic E-state index is 0.118. The quantitative estimate of drug-likeness (QED) is 0.683. The third-order valence-corrected chi connectivity index (χ3v) is 6.40. The number of hydrogen-bond donors (Lipinski definition) is 1. The summed E-state index contributed by atoms with van der Waals surface area (Å²) >= 11 is 6.35.